The molecule has 2 N–H and O–H groups in total. The molecule has 0 spiro atoms. The summed E-state index contributed by atoms with van der Waals surface area (Å²) >= 11 is 6.39. The van der Waals surface area contributed by atoms with E-state index < -0.39 is 0 Å². The van der Waals surface area contributed by atoms with Crippen molar-refractivity contribution in [3.63, 3.8) is 0 Å². The third kappa shape index (κ3) is 3.39. The zero-order chi connectivity index (χ0) is 13.9. The van der Waals surface area contributed by atoms with Crippen molar-refractivity contribution >= 4 is 11.6 Å². The topological polar surface area (TPSA) is 35.2 Å². The van der Waals surface area contributed by atoms with Crippen LogP contribution < -0.4 is 10.5 Å². The molecule has 0 radical (unpaired) electrons. The van der Waals surface area contributed by atoms with Crippen molar-refractivity contribution in [3.8, 4) is 5.75 Å². The van der Waals surface area contributed by atoms with Crippen molar-refractivity contribution < 1.29 is 4.74 Å². The number of hydrogen-bond acceptors (Lipinski definition) is 2. The van der Waals surface area contributed by atoms with E-state index in [9.17, 15) is 0 Å². The number of nitrogens with two attached hydrogens (primary N) is 1. The summed E-state index contributed by atoms with van der Waals surface area (Å²) in [5, 5.41) is 0.821. The molecular weight excluding hydrogens is 246 g/mol. The van der Waals surface area contributed by atoms with Gasteiger partial charge in [0.2, 0.25) is 0 Å². The molecular formula is C15H24ClNO. The summed E-state index contributed by atoms with van der Waals surface area (Å²) in [4.78, 5) is 0. The zero-order valence-corrected chi connectivity index (χ0v) is 12.8. The van der Waals surface area contributed by atoms with E-state index in [-0.39, 0.29) is 6.04 Å². The highest BCUT2D eigenvalue weighted by molar-refractivity contribution is 6.31. The van der Waals surface area contributed by atoms with Crippen molar-refractivity contribution in [1.82, 2.24) is 0 Å². The van der Waals surface area contributed by atoms with Gasteiger partial charge in [0, 0.05) is 16.6 Å². The molecule has 1 unspecified atom stereocenters. The number of ether oxygens (including phenoxy) is 1. The van der Waals surface area contributed by atoms with Crippen LogP contribution in [0.1, 0.15) is 50.3 Å². The molecule has 0 amide bonds. The average molecular weight is 270 g/mol. The van der Waals surface area contributed by atoms with Gasteiger partial charge in [-0.05, 0) is 50.3 Å². The summed E-state index contributed by atoms with van der Waals surface area (Å²) in [5.74, 6) is 1.33. The Hall–Kier alpha value is -0.730. The van der Waals surface area contributed by atoms with Crippen LogP contribution >= 0.6 is 11.6 Å². The fraction of sp³-hybridized carbons (Fsp3) is 0.600. The van der Waals surface area contributed by atoms with Gasteiger partial charge in [-0.15, -0.1) is 0 Å². The van der Waals surface area contributed by atoms with Crippen molar-refractivity contribution in [2.24, 2.45) is 5.73 Å². The molecule has 1 rings (SSSR count). The fourth-order valence-corrected chi connectivity index (χ4v) is 2.83. The van der Waals surface area contributed by atoms with E-state index in [4.69, 9.17) is 22.1 Å². The Kier molecular flexibility index (Phi) is 5.48. The van der Waals surface area contributed by atoms with Gasteiger partial charge < -0.3 is 10.5 Å². The Morgan fingerprint density at radius 1 is 1.33 bits per heavy atom. The van der Waals surface area contributed by atoms with Crippen molar-refractivity contribution in [2.75, 3.05) is 6.61 Å². The molecule has 0 aliphatic heterocycles. The van der Waals surface area contributed by atoms with E-state index in [1.165, 1.54) is 11.1 Å². The maximum atomic E-state index is 6.39. The lowest BCUT2D eigenvalue weighted by Crippen LogP contribution is -2.20. The minimum Gasteiger partial charge on any atom is -0.493 e. The Morgan fingerprint density at radius 3 is 2.39 bits per heavy atom. The lowest BCUT2D eigenvalue weighted by Gasteiger charge is -2.22. The van der Waals surface area contributed by atoms with Crippen LogP contribution in [0.2, 0.25) is 5.02 Å². The Balaban J connectivity index is 3.43. The Bertz CT molecular complexity index is 413. The first-order valence-corrected chi connectivity index (χ1v) is 6.96. The molecule has 0 saturated carbocycles. The molecule has 0 aliphatic carbocycles. The number of aryl methyl sites for hydroxylation is 1. The predicted octanol–water partition coefficient (Wildman–Crippen LogP) is 4.06. The third-order valence-electron chi connectivity index (χ3n) is 2.95. The molecule has 0 bridgehead atoms. The maximum Gasteiger partial charge on any atom is 0.125 e. The van der Waals surface area contributed by atoms with E-state index in [2.05, 4.69) is 13.8 Å². The van der Waals surface area contributed by atoms with Crippen LogP contribution in [0.3, 0.4) is 0 Å². The van der Waals surface area contributed by atoms with Gasteiger partial charge in [-0.1, -0.05) is 25.4 Å². The van der Waals surface area contributed by atoms with Crippen LogP contribution in [0, 0.1) is 6.92 Å². The molecule has 3 heteroatoms. The van der Waals surface area contributed by atoms with Gasteiger partial charge in [-0.2, -0.15) is 0 Å². The van der Waals surface area contributed by atoms with E-state index >= 15 is 0 Å². The summed E-state index contributed by atoms with van der Waals surface area (Å²) in [7, 11) is 0. The van der Waals surface area contributed by atoms with Gasteiger partial charge >= 0.3 is 0 Å². The highest BCUT2D eigenvalue weighted by atomic mass is 35.5. The quantitative estimate of drug-likeness (QED) is 0.875. The minimum atomic E-state index is 0.0968. The third-order valence-corrected chi connectivity index (χ3v) is 3.26. The van der Waals surface area contributed by atoms with E-state index in [1.54, 1.807) is 0 Å². The molecule has 2 nitrogen and oxygen atoms in total. The second-order valence-electron chi connectivity index (χ2n) is 5.17. The van der Waals surface area contributed by atoms with Crippen molar-refractivity contribution in [2.45, 2.75) is 53.0 Å². The van der Waals surface area contributed by atoms with Crippen LogP contribution in [0.5, 0.6) is 5.75 Å². The smallest absolute Gasteiger partial charge is 0.125 e. The lowest BCUT2D eigenvalue weighted by molar-refractivity contribution is 0.332. The van der Waals surface area contributed by atoms with Gasteiger partial charge in [0.15, 0.2) is 0 Å². The second kappa shape index (κ2) is 6.44. The van der Waals surface area contributed by atoms with Crippen molar-refractivity contribution in [3.05, 3.63) is 27.8 Å². The molecule has 0 fully saturated rings. The SMILES string of the molecule is CCOc1c(C)cc(Cl)c(C(C)C)c1CC(C)N. The summed E-state index contributed by atoms with van der Waals surface area (Å²) < 4.78 is 5.80. The standard InChI is InChI=1S/C15H24ClNO/c1-6-18-15-10(4)7-13(16)14(9(2)3)12(15)8-11(5)17/h7,9,11H,6,8,17H2,1-5H3. The van der Waals surface area contributed by atoms with E-state index in [0.717, 1.165) is 22.8 Å². The van der Waals surface area contributed by atoms with Crippen LogP contribution in [-0.4, -0.2) is 12.6 Å². The van der Waals surface area contributed by atoms with Crippen LogP contribution in [-0.2, 0) is 6.42 Å². The van der Waals surface area contributed by atoms with Crippen LogP contribution in [0.15, 0.2) is 6.07 Å². The number of halogens is 1. The summed E-state index contributed by atoms with van der Waals surface area (Å²) in [6.07, 6.45) is 0.796. The molecule has 0 aromatic heterocycles. The largest absolute Gasteiger partial charge is 0.493 e. The van der Waals surface area contributed by atoms with Gasteiger partial charge in [0.25, 0.3) is 0 Å². The first-order valence-electron chi connectivity index (χ1n) is 6.58. The summed E-state index contributed by atoms with van der Waals surface area (Å²) in [6, 6.07) is 2.09. The normalized spacial score (nSPS) is 12.9. The van der Waals surface area contributed by atoms with Crippen LogP contribution in [0.25, 0.3) is 0 Å². The fourth-order valence-electron chi connectivity index (χ4n) is 2.33. The second-order valence-corrected chi connectivity index (χ2v) is 5.57. The predicted molar refractivity (Wildman–Crippen MR) is 78.8 cm³/mol. The van der Waals surface area contributed by atoms with E-state index in [0.29, 0.717) is 12.5 Å². The number of rotatable bonds is 5. The van der Waals surface area contributed by atoms with Gasteiger partial charge in [-0.25, -0.2) is 0 Å². The highest BCUT2D eigenvalue weighted by Crippen LogP contribution is 2.37. The number of hydrogen-bond donors (Lipinski definition) is 1. The monoisotopic (exact) mass is 269 g/mol. The molecule has 0 heterocycles. The molecule has 1 aromatic rings. The van der Waals surface area contributed by atoms with E-state index in [1.807, 2.05) is 26.8 Å². The zero-order valence-electron chi connectivity index (χ0n) is 12.0. The minimum absolute atomic E-state index is 0.0968. The Labute approximate surface area is 115 Å². The highest BCUT2D eigenvalue weighted by Gasteiger charge is 2.19. The molecule has 102 valence electrons. The number of benzene rings is 1. The molecule has 1 atom stereocenters. The summed E-state index contributed by atoms with van der Waals surface area (Å²) in [6.45, 7) is 11.0. The average Bonchev–Trinajstić information content (AvgIpc) is 2.22. The van der Waals surface area contributed by atoms with Crippen molar-refractivity contribution in [1.29, 1.82) is 0 Å². The maximum absolute atomic E-state index is 6.39. The lowest BCUT2D eigenvalue weighted by atomic mass is 9.91. The Morgan fingerprint density at radius 2 is 1.94 bits per heavy atom. The molecule has 0 saturated heterocycles. The van der Waals surface area contributed by atoms with Gasteiger partial charge in [-0.3, -0.25) is 0 Å². The van der Waals surface area contributed by atoms with Gasteiger partial charge in [0.1, 0.15) is 5.75 Å². The first kappa shape index (κ1) is 15.3. The molecule has 0 aliphatic rings. The van der Waals surface area contributed by atoms with Crippen LogP contribution in [0.4, 0.5) is 0 Å². The molecule has 18 heavy (non-hydrogen) atoms. The summed E-state index contributed by atoms with van der Waals surface area (Å²) in [5.41, 5.74) is 9.39. The first-order chi connectivity index (χ1) is 8.38. The van der Waals surface area contributed by atoms with Gasteiger partial charge in [0.05, 0.1) is 6.61 Å². The molecule has 1 aromatic carbocycles.